The van der Waals surface area contributed by atoms with Crippen molar-refractivity contribution in [1.29, 1.82) is 0 Å². The maximum Gasteiger partial charge on any atom is 0.259 e. The maximum absolute atomic E-state index is 14.0. The molecule has 2 aromatic carbocycles. The topological polar surface area (TPSA) is 65.4 Å². The zero-order valence-electron chi connectivity index (χ0n) is 16.2. The summed E-state index contributed by atoms with van der Waals surface area (Å²) in [6.07, 6.45) is 0. The first kappa shape index (κ1) is 19.4. The van der Waals surface area contributed by atoms with Crippen LogP contribution in [0, 0.1) is 19.7 Å². The largest absolute Gasteiger partial charge is 0.497 e. The van der Waals surface area contributed by atoms with Crippen LogP contribution in [0.25, 0.3) is 0 Å². The van der Waals surface area contributed by atoms with Gasteiger partial charge >= 0.3 is 0 Å². The predicted octanol–water partition coefficient (Wildman–Crippen LogP) is 3.96. The predicted molar refractivity (Wildman–Crippen MR) is 105 cm³/mol. The van der Waals surface area contributed by atoms with Crippen molar-refractivity contribution >= 4 is 11.6 Å². The highest BCUT2D eigenvalue weighted by Gasteiger charge is 2.19. The lowest BCUT2D eigenvalue weighted by atomic mass is 10.1. The molecular weight excluding hydrogens is 361 g/mol. The van der Waals surface area contributed by atoms with Gasteiger partial charge in [0.05, 0.1) is 43.4 Å². The molecule has 3 rings (SSSR count). The highest BCUT2D eigenvalue weighted by molar-refractivity contribution is 6.06. The van der Waals surface area contributed by atoms with E-state index in [2.05, 4.69) is 10.4 Å². The van der Waals surface area contributed by atoms with E-state index in [-0.39, 0.29) is 18.3 Å². The first-order chi connectivity index (χ1) is 13.4. The number of halogens is 1. The summed E-state index contributed by atoms with van der Waals surface area (Å²) in [4.78, 5) is 12.8. The third-order valence-electron chi connectivity index (χ3n) is 4.55. The Morgan fingerprint density at radius 2 is 1.89 bits per heavy atom. The molecule has 1 amide bonds. The van der Waals surface area contributed by atoms with Gasteiger partial charge in [-0.25, -0.2) is 4.39 Å². The molecule has 1 heterocycles. The summed E-state index contributed by atoms with van der Waals surface area (Å²) in [5.41, 5.74) is 2.89. The van der Waals surface area contributed by atoms with Crippen LogP contribution in [-0.4, -0.2) is 29.9 Å². The van der Waals surface area contributed by atoms with Crippen molar-refractivity contribution in [3.05, 3.63) is 70.8 Å². The molecule has 0 radical (unpaired) electrons. The average molecular weight is 383 g/mol. The first-order valence-electron chi connectivity index (χ1n) is 8.75. The molecule has 0 aliphatic carbocycles. The van der Waals surface area contributed by atoms with E-state index in [1.807, 2.05) is 6.92 Å². The molecule has 146 valence electrons. The Balaban J connectivity index is 1.86. The smallest absolute Gasteiger partial charge is 0.259 e. The Morgan fingerprint density at radius 3 is 2.57 bits per heavy atom. The fraction of sp³-hybridized carbons (Fsp3) is 0.238. The summed E-state index contributed by atoms with van der Waals surface area (Å²) in [6.45, 7) is 3.91. The van der Waals surface area contributed by atoms with E-state index in [4.69, 9.17) is 9.47 Å². The highest BCUT2D eigenvalue weighted by atomic mass is 19.1. The van der Waals surface area contributed by atoms with E-state index in [1.165, 1.54) is 13.2 Å². The van der Waals surface area contributed by atoms with Crippen LogP contribution in [0.15, 0.2) is 42.5 Å². The van der Waals surface area contributed by atoms with Crippen LogP contribution >= 0.6 is 0 Å². The first-order valence-corrected chi connectivity index (χ1v) is 8.75. The quantitative estimate of drug-likeness (QED) is 0.700. The van der Waals surface area contributed by atoms with Gasteiger partial charge in [-0.2, -0.15) is 5.10 Å². The SMILES string of the molecule is COc1ccc(C(=O)Nc2c(C)nn(Cc3ccccc3F)c2C)c(OC)c1. The van der Waals surface area contributed by atoms with Gasteiger partial charge in [-0.3, -0.25) is 9.48 Å². The van der Waals surface area contributed by atoms with Gasteiger partial charge in [0.25, 0.3) is 5.91 Å². The van der Waals surface area contributed by atoms with Crippen molar-refractivity contribution < 1.29 is 18.7 Å². The molecule has 0 spiro atoms. The van der Waals surface area contributed by atoms with Crippen LogP contribution in [0.3, 0.4) is 0 Å². The van der Waals surface area contributed by atoms with Crippen molar-refractivity contribution in [3.8, 4) is 11.5 Å². The minimum absolute atomic E-state index is 0.279. The van der Waals surface area contributed by atoms with E-state index < -0.39 is 0 Å². The van der Waals surface area contributed by atoms with Crippen molar-refractivity contribution in [1.82, 2.24) is 9.78 Å². The molecular formula is C21H22FN3O3. The number of hydrogen-bond donors (Lipinski definition) is 1. The van der Waals surface area contributed by atoms with E-state index >= 15 is 0 Å². The van der Waals surface area contributed by atoms with E-state index in [0.29, 0.717) is 34.0 Å². The third-order valence-corrected chi connectivity index (χ3v) is 4.55. The highest BCUT2D eigenvalue weighted by Crippen LogP contribution is 2.27. The molecule has 0 unspecified atom stereocenters. The summed E-state index contributed by atoms with van der Waals surface area (Å²) in [5, 5.41) is 7.34. The van der Waals surface area contributed by atoms with Crippen LogP contribution in [-0.2, 0) is 6.54 Å². The Bertz CT molecular complexity index is 1010. The second-order valence-corrected chi connectivity index (χ2v) is 6.32. The normalized spacial score (nSPS) is 10.6. The van der Waals surface area contributed by atoms with Gasteiger partial charge in [-0.05, 0) is 32.0 Å². The lowest BCUT2D eigenvalue weighted by Gasteiger charge is -2.11. The lowest BCUT2D eigenvalue weighted by molar-refractivity contribution is 0.102. The van der Waals surface area contributed by atoms with E-state index in [9.17, 15) is 9.18 Å². The van der Waals surface area contributed by atoms with Crippen LogP contribution in [0.2, 0.25) is 0 Å². The number of ether oxygens (including phenoxy) is 2. The van der Waals surface area contributed by atoms with Gasteiger partial charge in [-0.1, -0.05) is 18.2 Å². The molecule has 1 N–H and O–H groups in total. The Labute approximate surface area is 162 Å². The van der Waals surface area contributed by atoms with Gasteiger partial charge in [-0.15, -0.1) is 0 Å². The molecule has 0 aliphatic rings. The number of amides is 1. The van der Waals surface area contributed by atoms with E-state index in [1.54, 1.807) is 55.1 Å². The molecule has 7 heteroatoms. The monoisotopic (exact) mass is 383 g/mol. The minimum atomic E-state index is -0.323. The number of carbonyl (C=O) groups is 1. The van der Waals surface area contributed by atoms with E-state index in [0.717, 1.165) is 5.69 Å². The van der Waals surface area contributed by atoms with Crippen molar-refractivity contribution in [3.63, 3.8) is 0 Å². The Kier molecular flexibility index (Phi) is 5.63. The second kappa shape index (κ2) is 8.12. The number of hydrogen-bond acceptors (Lipinski definition) is 4. The summed E-state index contributed by atoms with van der Waals surface area (Å²) in [5.74, 6) is 0.393. The molecule has 28 heavy (non-hydrogen) atoms. The molecule has 0 saturated heterocycles. The molecule has 0 bridgehead atoms. The molecule has 0 aliphatic heterocycles. The summed E-state index contributed by atoms with van der Waals surface area (Å²) >= 11 is 0. The minimum Gasteiger partial charge on any atom is -0.497 e. The van der Waals surface area contributed by atoms with Crippen LogP contribution < -0.4 is 14.8 Å². The van der Waals surface area contributed by atoms with Gasteiger partial charge in [0.1, 0.15) is 17.3 Å². The fourth-order valence-corrected chi connectivity index (χ4v) is 2.99. The van der Waals surface area contributed by atoms with Gasteiger partial charge < -0.3 is 14.8 Å². The zero-order valence-corrected chi connectivity index (χ0v) is 16.2. The van der Waals surface area contributed by atoms with Crippen molar-refractivity contribution in [2.45, 2.75) is 20.4 Å². The van der Waals surface area contributed by atoms with Gasteiger partial charge in [0.15, 0.2) is 0 Å². The number of methoxy groups -OCH3 is 2. The molecule has 6 nitrogen and oxygen atoms in total. The summed E-state index contributed by atoms with van der Waals surface area (Å²) in [7, 11) is 3.04. The fourth-order valence-electron chi connectivity index (χ4n) is 2.99. The number of nitrogens with zero attached hydrogens (tertiary/aromatic N) is 2. The Hall–Kier alpha value is -3.35. The van der Waals surface area contributed by atoms with Gasteiger partial charge in [0, 0.05) is 11.6 Å². The zero-order chi connectivity index (χ0) is 20.3. The maximum atomic E-state index is 14.0. The molecule has 0 fully saturated rings. The standard InChI is InChI=1S/C21H22FN3O3/c1-13-20(14(2)25(24-13)12-15-7-5-6-8-18(15)22)23-21(26)17-10-9-16(27-3)11-19(17)28-4/h5-11H,12H2,1-4H3,(H,23,26). The van der Waals surface area contributed by atoms with Crippen molar-refractivity contribution in [2.75, 3.05) is 19.5 Å². The molecule has 3 aromatic rings. The number of aromatic nitrogens is 2. The number of rotatable bonds is 6. The van der Waals surface area contributed by atoms with Gasteiger partial charge in [0.2, 0.25) is 0 Å². The average Bonchev–Trinajstić information content (AvgIpc) is 2.96. The molecule has 0 saturated carbocycles. The number of benzene rings is 2. The van der Waals surface area contributed by atoms with Crippen molar-refractivity contribution in [2.24, 2.45) is 0 Å². The van der Waals surface area contributed by atoms with Crippen LogP contribution in [0.1, 0.15) is 27.3 Å². The third kappa shape index (κ3) is 3.83. The number of nitrogens with one attached hydrogen (secondary N) is 1. The number of carbonyl (C=O) groups excluding carboxylic acids is 1. The summed E-state index contributed by atoms with van der Waals surface area (Å²) in [6, 6.07) is 11.5. The molecule has 1 aromatic heterocycles. The number of anilines is 1. The summed E-state index contributed by atoms with van der Waals surface area (Å²) < 4.78 is 26.1. The number of aryl methyl sites for hydroxylation is 1. The Morgan fingerprint density at radius 1 is 1.14 bits per heavy atom. The van der Waals surface area contributed by atoms with Crippen LogP contribution in [0.5, 0.6) is 11.5 Å². The second-order valence-electron chi connectivity index (χ2n) is 6.32. The lowest BCUT2D eigenvalue weighted by Crippen LogP contribution is -2.14. The van der Waals surface area contributed by atoms with Crippen LogP contribution in [0.4, 0.5) is 10.1 Å². The molecule has 0 atom stereocenters.